The van der Waals surface area contributed by atoms with E-state index in [2.05, 4.69) is 0 Å². The van der Waals surface area contributed by atoms with Crippen molar-refractivity contribution in [1.29, 1.82) is 0 Å². The lowest BCUT2D eigenvalue weighted by molar-refractivity contribution is -0.384. The van der Waals surface area contributed by atoms with Crippen LogP contribution in [0.4, 0.5) is 5.69 Å². The van der Waals surface area contributed by atoms with E-state index in [1.54, 1.807) is 36.4 Å². The minimum Gasteiger partial charge on any atom is -0.497 e. The van der Waals surface area contributed by atoms with Crippen molar-refractivity contribution in [3.05, 3.63) is 58.1 Å². The summed E-state index contributed by atoms with van der Waals surface area (Å²) < 4.78 is 4.99. The number of nitrogens with zero attached hydrogens (tertiary/aromatic N) is 1. The molecular weight excluding hydrogens is 274 g/mol. The summed E-state index contributed by atoms with van der Waals surface area (Å²) in [5.74, 6) is -0.508. The number of methoxy groups -OCH3 is 1. The summed E-state index contributed by atoms with van der Waals surface area (Å²) in [6.45, 7) is 0. The Morgan fingerprint density at radius 2 is 1.90 bits per heavy atom. The highest BCUT2D eigenvalue weighted by atomic mass is 16.6. The lowest BCUT2D eigenvalue weighted by Gasteiger charge is -2.06. The Kier molecular flexibility index (Phi) is 4.18. The first kappa shape index (κ1) is 14.5. The lowest BCUT2D eigenvalue weighted by Crippen LogP contribution is -1.99. The molecule has 0 aliphatic carbocycles. The number of rotatable bonds is 5. The van der Waals surface area contributed by atoms with Crippen molar-refractivity contribution in [2.45, 2.75) is 6.42 Å². The number of benzene rings is 2. The van der Waals surface area contributed by atoms with Gasteiger partial charge in [-0.15, -0.1) is 0 Å². The van der Waals surface area contributed by atoms with Crippen LogP contribution in [0, 0.1) is 10.1 Å². The Morgan fingerprint density at radius 3 is 2.43 bits per heavy atom. The standard InChI is InChI=1S/C15H13NO5/c1-21-12-6-7-13(14(9-12)16(19)20)11-4-2-10(3-5-11)8-15(17)18/h2-7,9H,8H2,1H3,(H,17,18). The van der Waals surface area contributed by atoms with Crippen LogP contribution >= 0.6 is 0 Å². The van der Waals surface area contributed by atoms with Gasteiger partial charge < -0.3 is 9.84 Å². The average molecular weight is 287 g/mol. The molecule has 0 spiro atoms. The van der Waals surface area contributed by atoms with Gasteiger partial charge in [0.05, 0.1) is 30.1 Å². The molecule has 0 atom stereocenters. The Hall–Kier alpha value is -2.89. The summed E-state index contributed by atoms with van der Waals surface area (Å²) in [6, 6.07) is 11.3. The molecule has 0 saturated heterocycles. The van der Waals surface area contributed by atoms with Crippen LogP contribution in [0.5, 0.6) is 5.75 Å². The molecule has 0 unspecified atom stereocenters. The predicted octanol–water partition coefficient (Wildman–Crippen LogP) is 2.90. The molecule has 0 amide bonds. The van der Waals surface area contributed by atoms with Crippen LogP contribution in [-0.2, 0) is 11.2 Å². The Labute approximate surface area is 120 Å². The van der Waals surface area contributed by atoms with Gasteiger partial charge in [-0.3, -0.25) is 14.9 Å². The highest BCUT2D eigenvalue weighted by molar-refractivity contribution is 5.75. The monoisotopic (exact) mass is 287 g/mol. The Morgan fingerprint density at radius 1 is 1.24 bits per heavy atom. The fourth-order valence-corrected chi connectivity index (χ4v) is 2.01. The Bertz CT molecular complexity index is 679. The van der Waals surface area contributed by atoms with Crippen LogP contribution in [-0.4, -0.2) is 23.1 Å². The molecule has 0 aliphatic rings. The minimum atomic E-state index is -0.918. The van der Waals surface area contributed by atoms with Crippen molar-refractivity contribution in [2.24, 2.45) is 0 Å². The van der Waals surface area contributed by atoms with Crippen LogP contribution in [0.1, 0.15) is 5.56 Å². The fraction of sp³-hybridized carbons (Fsp3) is 0.133. The van der Waals surface area contributed by atoms with E-state index in [0.717, 1.165) is 0 Å². The van der Waals surface area contributed by atoms with Gasteiger partial charge in [-0.05, 0) is 23.3 Å². The number of ether oxygens (including phenoxy) is 1. The first-order valence-electron chi connectivity index (χ1n) is 6.15. The molecule has 0 fully saturated rings. The quantitative estimate of drug-likeness (QED) is 0.674. The fourth-order valence-electron chi connectivity index (χ4n) is 2.01. The van der Waals surface area contributed by atoms with E-state index in [1.807, 2.05) is 0 Å². The smallest absolute Gasteiger partial charge is 0.307 e. The molecule has 2 aromatic carbocycles. The van der Waals surface area contributed by atoms with Gasteiger partial charge >= 0.3 is 5.97 Å². The van der Waals surface area contributed by atoms with E-state index < -0.39 is 10.9 Å². The van der Waals surface area contributed by atoms with Crippen molar-refractivity contribution in [3.63, 3.8) is 0 Å². The molecule has 6 heteroatoms. The number of nitro groups is 1. The second-order valence-corrected chi connectivity index (χ2v) is 4.41. The summed E-state index contributed by atoms with van der Waals surface area (Å²) >= 11 is 0. The van der Waals surface area contributed by atoms with E-state index in [1.165, 1.54) is 13.2 Å². The summed E-state index contributed by atoms with van der Waals surface area (Å²) in [4.78, 5) is 21.3. The van der Waals surface area contributed by atoms with Crippen molar-refractivity contribution < 1.29 is 19.6 Å². The second kappa shape index (κ2) is 6.04. The van der Waals surface area contributed by atoms with E-state index >= 15 is 0 Å². The molecule has 0 aromatic heterocycles. The third-order valence-corrected chi connectivity index (χ3v) is 3.02. The summed E-state index contributed by atoms with van der Waals surface area (Å²) in [5, 5.41) is 19.9. The predicted molar refractivity (Wildman–Crippen MR) is 76.4 cm³/mol. The van der Waals surface area contributed by atoms with Crippen LogP contribution in [0.2, 0.25) is 0 Å². The Balaban J connectivity index is 2.41. The number of carboxylic acids is 1. The third-order valence-electron chi connectivity index (χ3n) is 3.02. The van der Waals surface area contributed by atoms with Gasteiger partial charge in [0.1, 0.15) is 5.75 Å². The number of carboxylic acid groups (broad SMARTS) is 1. The molecule has 0 bridgehead atoms. The van der Waals surface area contributed by atoms with E-state index in [4.69, 9.17) is 9.84 Å². The maximum absolute atomic E-state index is 11.1. The molecule has 0 saturated carbocycles. The number of carbonyl (C=O) groups is 1. The van der Waals surface area contributed by atoms with E-state index in [-0.39, 0.29) is 12.1 Å². The van der Waals surface area contributed by atoms with Gasteiger partial charge in [-0.25, -0.2) is 0 Å². The zero-order chi connectivity index (χ0) is 15.4. The van der Waals surface area contributed by atoms with Crippen molar-refractivity contribution in [1.82, 2.24) is 0 Å². The van der Waals surface area contributed by atoms with Gasteiger partial charge in [0.2, 0.25) is 0 Å². The van der Waals surface area contributed by atoms with Gasteiger partial charge in [0.25, 0.3) is 5.69 Å². The van der Waals surface area contributed by atoms with Gasteiger partial charge in [-0.1, -0.05) is 24.3 Å². The molecule has 2 rings (SSSR count). The highest BCUT2D eigenvalue weighted by Gasteiger charge is 2.16. The van der Waals surface area contributed by atoms with Crippen LogP contribution in [0.15, 0.2) is 42.5 Å². The van der Waals surface area contributed by atoms with E-state index in [0.29, 0.717) is 22.4 Å². The minimum absolute atomic E-state index is 0.0552. The lowest BCUT2D eigenvalue weighted by atomic mass is 10.0. The van der Waals surface area contributed by atoms with E-state index in [9.17, 15) is 14.9 Å². The van der Waals surface area contributed by atoms with Crippen LogP contribution < -0.4 is 4.74 Å². The van der Waals surface area contributed by atoms with Crippen molar-refractivity contribution >= 4 is 11.7 Å². The first-order valence-corrected chi connectivity index (χ1v) is 6.15. The zero-order valence-electron chi connectivity index (χ0n) is 11.3. The number of hydrogen-bond acceptors (Lipinski definition) is 4. The van der Waals surface area contributed by atoms with Crippen LogP contribution in [0.3, 0.4) is 0 Å². The normalized spacial score (nSPS) is 10.1. The molecule has 0 heterocycles. The summed E-state index contributed by atoms with van der Waals surface area (Å²) in [7, 11) is 1.44. The molecular formula is C15H13NO5. The maximum Gasteiger partial charge on any atom is 0.307 e. The SMILES string of the molecule is COc1ccc(-c2ccc(CC(=O)O)cc2)c([N+](=O)[O-])c1. The molecule has 6 nitrogen and oxygen atoms in total. The molecule has 1 N–H and O–H groups in total. The number of nitro benzene ring substituents is 1. The van der Waals surface area contributed by atoms with Gasteiger partial charge in [-0.2, -0.15) is 0 Å². The van der Waals surface area contributed by atoms with Gasteiger partial charge in [0.15, 0.2) is 0 Å². The molecule has 2 aromatic rings. The largest absolute Gasteiger partial charge is 0.497 e. The molecule has 108 valence electrons. The highest BCUT2D eigenvalue weighted by Crippen LogP contribution is 2.33. The van der Waals surface area contributed by atoms with Crippen LogP contribution in [0.25, 0.3) is 11.1 Å². The summed E-state index contributed by atoms with van der Waals surface area (Å²) in [5.41, 5.74) is 1.70. The van der Waals surface area contributed by atoms with Crippen molar-refractivity contribution in [2.75, 3.05) is 7.11 Å². The van der Waals surface area contributed by atoms with Crippen molar-refractivity contribution in [3.8, 4) is 16.9 Å². The molecule has 21 heavy (non-hydrogen) atoms. The number of hydrogen-bond donors (Lipinski definition) is 1. The second-order valence-electron chi connectivity index (χ2n) is 4.41. The van der Waals surface area contributed by atoms with Gasteiger partial charge in [0, 0.05) is 0 Å². The number of aliphatic carboxylic acids is 1. The maximum atomic E-state index is 11.1. The zero-order valence-corrected chi connectivity index (χ0v) is 11.3. The third kappa shape index (κ3) is 3.36. The summed E-state index contributed by atoms with van der Waals surface area (Å²) in [6.07, 6.45) is -0.0784. The molecule has 0 radical (unpaired) electrons. The topological polar surface area (TPSA) is 89.7 Å². The molecule has 0 aliphatic heterocycles. The first-order chi connectivity index (χ1) is 10.0. The average Bonchev–Trinajstić information content (AvgIpc) is 2.47.